The van der Waals surface area contributed by atoms with Crippen LogP contribution in [0.5, 0.6) is 0 Å². The molecule has 2 saturated heterocycles. The molecule has 2 bridgehead atoms. The van der Waals surface area contributed by atoms with Crippen LogP contribution in [-0.4, -0.2) is 40.5 Å². The van der Waals surface area contributed by atoms with Crippen LogP contribution in [0.4, 0.5) is 10.1 Å². The topological polar surface area (TPSA) is 69.6 Å². The SMILES string of the molecule is O=C(Nc1cc(F)cc(C(=O)N2[C@@H]3CC[C@H]2CC(CO)C3)c1)C1CCc2ccccc21. The van der Waals surface area contributed by atoms with Crippen molar-refractivity contribution in [3.8, 4) is 0 Å². The second-order valence-corrected chi connectivity index (χ2v) is 9.13. The first-order valence-electron chi connectivity index (χ1n) is 11.2. The van der Waals surface area contributed by atoms with Crippen molar-refractivity contribution >= 4 is 17.5 Å². The van der Waals surface area contributed by atoms with Crippen molar-refractivity contribution in [3.05, 3.63) is 65.0 Å². The summed E-state index contributed by atoms with van der Waals surface area (Å²) in [6.07, 6.45) is 5.01. The van der Waals surface area contributed by atoms with Gasteiger partial charge in [0.2, 0.25) is 5.91 Å². The Labute approximate surface area is 181 Å². The molecule has 4 atom stereocenters. The fourth-order valence-electron chi connectivity index (χ4n) is 5.76. The van der Waals surface area contributed by atoms with Crippen molar-refractivity contribution < 1.29 is 19.1 Å². The van der Waals surface area contributed by atoms with Crippen molar-refractivity contribution in [1.82, 2.24) is 4.90 Å². The average molecular weight is 423 g/mol. The zero-order chi connectivity index (χ0) is 21.5. The molecule has 2 unspecified atom stereocenters. The lowest BCUT2D eigenvalue weighted by Gasteiger charge is -2.38. The highest BCUT2D eigenvalue weighted by Gasteiger charge is 2.43. The molecule has 2 aliphatic heterocycles. The third kappa shape index (κ3) is 3.74. The predicted octanol–water partition coefficient (Wildman–Crippen LogP) is 3.87. The van der Waals surface area contributed by atoms with E-state index in [1.165, 1.54) is 17.7 Å². The first-order chi connectivity index (χ1) is 15.0. The highest BCUT2D eigenvalue weighted by atomic mass is 19.1. The minimum Gasteiger partial charge on any atom is -0.396 e. The van der Waals surface area contributed by atoms with Crippen molar-refractivity contribution in [2.24, 2.45) is 5.92 Å². The normalized spacial score (nSPS) is 26.6. The molecule has 5 nitrogen and oxygen atoms in total. The zero-order valence-electron chi connectivity index (χ0n) is 17.4. The molecule has 3 aliphatic rings. The summed E-state index contributed by atoms with van der Waals surface area (Å²) in [7, 11) is 0. The number of aryl methyl sites for hydroxylation is 1. The van der Waals surface area contributed by atoms with E-state index in [2.05, 4.69) is 5.32 Å². The van der Waals surface area contributed by atoms with Crippen LogP contribution in [0.3, 0.4) is 0 Å². The molecule has 2 N–H and O–H groups in total. The number of aliphatic hydroxyl groups is 1. The Balaban J connectivity index is 1.34. The molecule has 0 radical (unpaired) electrons. The summed E-state index contributed by atoms with van der Waals surface area (Å²) >= 11 is 0. The number of amides is 2. The van der Waals surface area contributed by atoms with Crippen LogP contribution < -0.4 is 5.32 Å². The third-order valence-corrected chi connectivity index (χ3v) is 7.19. The van der Waals surface area contributed by atoms with E-state index in [9.17, 15) is 19.1 Å². The summed E-state index contributed by atoms with van der Waals surface area (Å²) < 4.78 is 14.4. The van der Waals surface area contributed by atoms with Gasteiger partial charge in [-0.05, 0) is 73.8 Å². The van der Waals surface area contributed by atoms with Crippen molar-refractivity contribution in [2.75, 3.05) is 11.9 Å². The van der Waals surface area contributed by atoms with Gasteiger partial charge in [-0.2, -0.15) is 0 Å². The average Bonchev–Trinajstić information content (AvgIpc) is 3.31. The van der Waals surface area contributed by atoms with Crippen LogP contribution in [-0.2, 0) is 11.2 Å². The second kappa shape index (κ2) is 8.08. The molecular weight excluding hydrogens is 395 g/mol. The predicted molar refractivity (Wildman–Crippen MR) is 115 cm³/mol. The Bertz CT molecular complexity index is 1010. The molecular formula is C25H27FN2O3. The summed E-state index contributed by atoms with van der Waals surface area (Å²) in [5.74, 6) is -0.918. The highest BCUT2D eigenvalue weighted by molar-refractivity contribution is 5.99. The molecule has 0 saturated carbocycles. The lowest BCUT2D eigenvalue weighted by molar-refractivity contribution is -0.117. The Kier molecular flexibility index (Phi) is 5.26. The highest BCUT2D eigenvalue weighted by Crippen LogP contribution is 2.40. The van der Waals surface area contributed by atoms with E-state index in [0.717, 1.165) is 44.1 Å². The molecule has 1 aliphatic carbocycles. The number of rotatable bonds is 4. The van der Waals surface area contributed by atoms with E-state index in [1.54, 1.807) is 6.07 Å². The van der Waals surface area contributed by atoms with E-state index in [4.69, 9.17) is 0 Å². The monoisotopic (exact) mass is 422 g/mol. The van der Waals surface area contributed by atoms with Gasteiger partial charge in [0.05, 0.1) is 5.92 Å². The van der Waals surface area contributed by atoms with Gasteiger partial charge in [-0.1, -0.05) is 24.3 Å². The number of fused-ring (bicyclic) bond motifs is 3. The minimum absolute atomic E-state index is 0.0969. The first kappa shape index (κ1) is 20.2. The molecule has 0 spiro atoms. The van der Waals surface area contributed by atoms with Crippen LogP contribution in [0.25, 0.3) is 0 Å². The minimum atomic E-state index is -0.537. The van der Waals surface area contributed by atoms with Gasteiger partial charge in [0, 0.05) is 29.9 Å². The summed E-state index contributed by atoms with van der Waals surface area (Å²) in [6.45, 7) is 0.148. The molecule has 2 heterocycles. The number of carbonyl (C=O) groups excluding carboxylic acids is 2. The summed E-state index contributed by atoms with van der Waals surface area (Å²) in [5.41, 5.74) is 2.78. The molecule has 31 heavy (non-hydrogen) atoms. The number of hydrogen-bond donors (Lipinski definition) is 2. The van der Waals surface area contributed by atoms with Gasteiger partial charge in [-0.25, -0.2) is 4.39 Å². The molecule has 5 rings (SSSR count). The van der Waals surface area contributed by atoms with E-state index in [1.807, 2.05) is 29.2 Å². The number of nitrogens with zero attached hydrogens (tertiary/aromatic N) is 1. The van der Waals surface area contributed by atoms with Crippen LogP contribution in [0.15, 0.2) is 42.5 Å². The van der Waals surface area contributed by atoms with Crippen LogP contribution in [0, 0.1) is 11.7 Å². The Morgan fingerprint density at radius 2 is 1.81 bits per heavy atom. The molecule has 0 aromatic heterocycles. The largest absolute Gasteiger partial charge is 0.396 e. The number of nitrogens with one attached hydrogen (secondary N) is 1. The van der Waals surface area contributed by atoms with Gasteiger partial charge in [0.15, 0.2) is 0 Å². The van der Waals surface area contributed by atoms with Crippen molar-refractivity contribution in [2.45, 2.75) is 56.5 Å². The number of hydrogen-bond acceptors (Lipinski definition) is 3. The quantitative estimate of drug-likeness (QED) is 0.786. The molecule has 2 fully saturated rings. The zero-order valence-corrected chi connectivity index (χ0v) is 17.4. The number of aliphatic hydroxyl groups excluding tert-OH is 1. The third-order valence-electron chi connectivity index (χ3n) is 7.19. The Hall–Kier alpha value is -2.73. The van der Waals surface area contributed by atoms with Crippen molar-refractivity contribution in [1.29, 1.82) is 0 Å². The maximum atomic E-state index is 14.4. The van der Waals surface area contributed by atoms with E-state index >= 15 is 0 Å². The summed E-state index contributed by atoms with van der Waals surface area (Å²) in [6, 6.07) is 12.2. The van der Waals surface area contributed by atoms with Crippen LogP contribution >= 0.6 is 0 Å². The maximum Gasteiger partial charge on any atom is 0.254 e. The van der Waals surface area contributed by atoms with Crippen LogP contribution in [0.2, 0.25) is 0 Å². The lowest BCUT2D eigenvalue weighted by atomic mass is 9.91. The maximum absolute atomic E-state index is 14.4. The molecule has 2 amide bonds. The number of anilines is 1. The Morgan fingerprint density at radius 1 is 1.06 bits per heavy atom. The smallest absolute Gasteiger partial charge is 0.254 e. The van der Waals surface area contributed by atoms with E-state index in [0.29, 0.717) is 5.69 Å². The van der Waals surface area contributed by atoms with Gasteiger partial charge >= 0.3 is 0 Å². The first-order valence-corrected chi connectivity index (χ1v) is 11.2. The number of halogens is 1. The summed E-state index contributed by atoms with van der Waals surface area (Å²) in [5, 5.41) is 12.3. The summed E-state index contributed by atoms with van der Waals surface area (Å²) in [4.78, 5) is 28.0. The van der Waals surface area contributed by atoms with Gasteiger partial charge in [-0.3, -0.25) is 9.59 Å². The molecule has 2 aromatic carbocycles. The van der Waals surface area contributed by atoms with Crippen LogP contribution in [0.1, 0.15) is 59.5 Å². The molecule has 2 aromatic rings. The molecule has 162 valence electrons. The number of piperidine rings is 1. The van der Waals surface area contributed by atoms with Gasteiger partial charge in [0.1, 0.15) is 5.82 Å². The molecule has 6 heteroatoms. The van der Waals surface area contributed by atoms with E-state index < -0.39 is 5.82 Å². The van der Waals surface area contributed by atoms with Gasteiger partial charge < -0.3 is 15.3 Å². The lowest BCUT2D eigenvalue weighted by Crippen LogP contribution is -2.47. The number of carbonyl (C=O) groups is 2. The Morgan fingerprint density at radius 3 is 2.55 bits per heavy atom. The van der Waals surface area contributed by atoms with Crippen molar-refractivity contribution in [3.63, 3.8) is 0 Å². The van der Waals surface area contributed by atoms with Gasteiger partial charge in [0.25, 0.3) is 5.91 Å². The fourth-order valence-corrected chi connectivity index (χ4v) is 5.76. The number of benzene rings is 2. The second-order valence-electron chi connectivity index (χ2n) is 9.13. The van der Waals surface area contributed by atoms with E-state index in [-0.39, 0.29) is 47.9 Å². The fraction of sp³-hybridized carbons (Fsp3) is 0.440. The standard InChI is InChI=1S/C25H27FN2O3/c26-18-11-17(25(31)28-20-6-7-21(28)10-15(9-20)14-29)12-19(13-18)27-24(30)23-8-5-16-3-1-2-4-22(16)23/h1-4,11-13,15,20-21,23,29H,5-10,14H2,(H,27,30)/t15?,20-,21+,23?. The van der Waals surface area contributed by atoms with Gasteiger partial charge in [-0.15, -0.1) is 0 Å².